The van der Waals surface area contributed by atoms with Crippen LogP contribution in [0.25, 0.3) is 0 Å². The second-order valence-electron chi connectivity index (χ2n) is 5.77. The van der Waals surface area contributed by atoms with Crippen LogP contribution in [-0.2, 0) is 11.3 Å². The van der Waals surface area contributed by atoms with Crippen LogP contribution in [0.5, 0.6) is 0 Å². The second-order valence-corrected chi connectivity index (χ2v) is 6.56. The third kappa shape index (κ3) is 4.45. The number of nitrogens with zero attached hydrogens (tertiary/aromatic N) is 1. The fourth-order valence-electron chi connectivity index (χ4n) is 2.42. The zero-order valence-corrected chi connectivity index (χ0v) is 14.7. The van der Waals surface area contributed by atoms with Crippen molar-refractivity contribution in [3.8, 4) is 0 Å². The Morgan fingerprint density at radius 3 is 2.60 bits per heavy atom. The lowest BCUT2D eigenvalue weighted by Crippen LogP contribution is -2.41. The molecule has 1 aromatic heterocycles. The molecule has 2 aromatic rings. The molecule has 5 nitrogen and oxygen atoms in total. The number of rotatable bonds is 6. The molecule has 1 aromatic carbocycles. The van der Waals surface area contributed by atoms with Gasteiger partial charge in [-0.25, -0.2) is 8.78 Å². The van der Waals surface area contributed by atoms with E-state index in [1.807, 2.05) is 0 Å². The molecule has 3 rings (SSSR count). The van der Waals surface area contributed by atoms with Gasteiger partial charge in [0.2, 0.25) is 5.91 Å². The van der Waals surface area contributed by atoms with Gasteiger partial charge in [0.05, 0.1) is 6.54 Å². The van der Waals surface area contributed by atoms with Crippen molar-refractivity contribution in [1.82, 2.24) is 10.2 Å². The van der Waals surface area contributed by atoms with Crippen LogP contribution in [0.1, 0.15) is 29.0 Å². The highest BCUT2D eigenvalue weighted by molar-refractivity contribution is 9.10. The standard InChI is InChI=1S/C17H15BrF2N2O3/c18-15-6-5-14(25-15)17(24)21-8-16(23)22(12-3-4-12)9-10-1-2-11(19)7-13(10)20/h1-2,5-7,12H,3-4,8-9H2,(H,21,24). The van der Waals surface area contributed by atoms with Gasteiger partial charge < -0.3 is 14.6 Å². The average molecular weight is 413 g/mol. The van der Waals surface area contributed by atoms with Crippen molar-refractivity contribution < 1.29 is 22.8 Å². The van der Waals surface area contributed by atoms with Crippen molar-refractivity contribution in [1.29, 1.82) is 0 Å². The Kier molecular flexibility index (Phi) is 5.17. The van der Waals surface area contributed by atoms with Crippen LogP contribution in [0.4, 0.5) is 8.78 Å². The molecule has 1 N–H and O–H groups in total. The summed E-state index contributed by atoms with van der Waals surface area (Å²) in [7, 11) is 0. The molecular weight excluding hydrogens is 398 g/mol. The van der Waals surface area contributed by atoms with E-state index in [0.29, 0.717) is 4.67 Å². The average Bonchev–Trinajstić information content (AvgIpc) is 3.32. The predicted octanol–water partition coefficient (Wildman–Crippen LogP) is 3.24. The molecule has 8 heteroatoms. The summed E-state index contributed by atoms with van der Waals surface area (Å²) < 4.78 is 32.4. The smallest absolute Gasteiger partial charge is 0.287 e. The number of furan rings is 1. The third-order valence-corrected chi connectivity index (χ3v) is 4.29. The Balaban J connectivity index is 1.62. The molecule has 2 amide bonds. The van der Waals surface area contributed by atoms with Gasteiger partial charge in [0.25, 0.3) is 5.91 Å². The van der Waals surface area contributed by atoms with Crippen molar-refractivity contribution in [2.75, 3.05) is 6.54 Å². The summed E-state index contributed by atoms with van der Waals surface area (Å²) in [5, 5.41) is 2.49. The second kappa shape index (κ2) is 7.35. The van der Waals surface area contributed by atoms with Crippen molar-refractivity contribution in [3.63, 3.8) is 0 Å². The summed E-state index contributed by atoms with van der Waals surface area (Å²) in [4.78, 5) is 25.9. The number of hydrogen-bond donors (Lipinski definition) is 1. The maximum Gasteiger partial charge on any atom is 0.287 e. The topological polar surface area (TPSA) is 62.6 Å². The molecule has 1 saturated carbocycles. The van der Waals surface area contributed by atoms with Gasteiger partial charge in [0, 0.05) is 24.2 Å². The van der Waals surface area contributed by atoms with Crippen LogP contribution < -0.4 is 5.32 Å². The number of carbonyl (C=O) groups excluding carboxylic acids is 2. The number of carbonyl (C=O) groups is 2. The molecule has 25 heavy (non-hydrogen) atoms. The Hall–Kier alpha value is -2.22. The first kappa shape index (κ1) is 17.6. The van der Waals surface area contributed by atoms with E-state index in [1.165, 1.54) is 17.0 Å². The van der Waals surface area contributed by atoms with E-state index in [1.54, 1.807) is 6.07 Å². The monoisotopic (exact) mass is 412 g/mol. The summed E-state index contributed by atoms with van der Waals surface area (Å²) in [6.07, 6.45) is 1.65. The summed E-state index contributed by atoms with van der Waals surface area (Å²) in [6.45, 7) is -0.186. The minimum atomic E-state index is -0.692. The van der Waals surface area contributed by atoms with E-state index in [-0.39, 0.29) is 36.4 Å². The third-order valence-electron chi connectivity index (χ3n) is 3.86. The molecule has 1 aliphatic rings. The summed E-state index contributed by atoms with van der Waals surface area (Å²) in [5.41, 5.74) is 0.239. The van der Waals surface area contributed by atoms with Gasteiger partial charge in [-0.15, -0.1) is 0 Å². The minimum absolute atomic E-state index is 0.0200. The van der Waals surface area contributed by atoms with Gasteiger partial charge >= 0.3 is 0 Å². The largest absolute Gasteiger partial charge is 0.444 e. The predicted molar refractivity (Wildman–Crippen MR) is 88.7 cm³/mol. The van der Waals surface area contributed by atoms with Crippen molar-refractivity contribution in [2.24, 2.45) is 0 Å². The molecule has 1 fully saturated rings. The van der Waals surface area contributed by atoms with Gasteiger partial charge in [0.15, 0.2) is 10.4 Å². The first-order chi connectivity index (χ1) is 11.9. The Morgan fingerprint density at radius 2 is 2.00 bits per heavy atom. The molecule has 1 heterocycles. The summed E-state index contributed by atoms with van der Waals surface area (Å²) in [6, 6.07) is 6.35. The number of halogens is 3. The quantitative estimate of drug-likeness (QED) is 0.791. The highest BCUT2D eigenvalue weighted by Gasteiger charge is 2.33. The Labute approximate surface area is 151 Å². The Morgan fingerprint density at radius 1 is 1.24 bits per heavy atom. The summed E-state index contributed by atoms with van der Waals surface area (Å²) >= 11 is 3.10. The fraction of sp³-hybridized carbons (Fsp3) is 0.294. The first-order valence-corrected chi connectivity index (χ1v) is 8.50. The maximum absolute atomic E-state index is 13.8. The van der Waals surface area contributed by atoms with Gasteiger partial charge in [-0.2, -0.15) is 0 Å². The molecule has 0 radical (unpaired) electrons. The molecule has 0 saturated heterocycles. The number of nitrogens with one attached hydrogen (secondary N) is 1. The molecule has 1 aliphatic carbocycles. The first-order valence-electron chi connectivity index (χ1n) is 7.71. The summed E-state index contributed by atoms with van der Waals surface area (Å²) in [5.74, 6) is -2.11. The van der Waals surface area contributed by atoms with E-state index in [4.69, 9.17) is 4.42 Å². The molecule has 0 atom stereocenters. The van der Waals surface area contributed by atoms with Crippen molar-refractivity contribution in [3.05, 3.63) is 58.0 Å². The number of amides is 2. The molecular formula is C17H15BrF2N2O3. The highest BCUT2D eigenvalue weighted by Crippen LogP contribution is 2.29. The molecule has 0 spiro atoms. The Bertz CT molecular complexity index is 805. The van der Waals surface area contributed by atoms with E-state index in [9.17, 15) is 18.4 Å². The number of hydrogen-bond acceptors (Lipinski definition) is 3. The van der Waals surface area contributed by atoms with Crippen LogP contribution in [0, 0.1) is 11.6 Å². The lowest BCUT2D eigenvalue weighted by molar-refractivity contribution is -0.131. The van der Waals surface area contributed by atoms with E-state index >= 15 is 0 Å². The van der Waals surface area contributed by atoms with Crippen LogP contribution in [0.3, 0.4) is 0 Å². The lowest BCUT2D eigenvalue weighted by atomic mass is 10.2. The molecule has 0 bridgehead atoms. The zero-order chi connectivity index (χ0) is 18.0. The SMILES string of the molecule is O=C(NCC(=O)N(Cc1ccc(F)cc1F)C1CC1)c1ccc(Br)o1. The van der Waals surface area contributed by atoms with Gasteiger partial charge in [-0.3, -0.25) is 9.59 Å². The normalized spacial score (nSPS) is 13.6. The van der Waals surface area contributed by atoms with Crippen molar-refractivity contribution >= 4 is 27.7 Å². The van der Waals surface area contributed by atoms with Gasteiger partial charge in [-0.1, -0.05) is 6.07 Å². The lowest BCUT2D eigenvalue weighted by Gasteiger charge is -2.23. The van der Waals surface area contributed by atoms with Gasteiger partial charge in [0.1, 0.15) is 11.6 Å². The van der Waals surface area contributed by atoms with Crippen LogP contribution in [-0.4, -0.2) is 29.3 Å². The minimum Gasteiger partial charge on any atom is -0.444 e. The molecule has 0 aliphatic heterocycles. The van der Waals surface area contributed by atoms with Crippen LogP contribution >= 0.6 is 15.9 Å². The highest BCUT2D eigenvalue weighted by atomic mass is 79.9. The zero-order valence-electron chi connectivity index (χ0n) is 13.1. The van der Waals surface area contributed by atoms with E-state index in [2.05, 4.69) is 21.2 Å². The van der Waals surface area contributed by atoms with E-state index < -0.39 is 17.5 Å². The van der Waals surface area contributed by atoms with Gasteiger partial charge in [-0.05, 0) is 47.0 Å². The van der Waals surface area contributed by atoms with Crippen LogP contribution in [0.2, 0.25) is 0 Å². The van der Waals surface area contributed by atoms with E-state index in [0.717, 1.165) is 25.0 Å². The number of benzene rings is 1. The molecule has 0 unspecified atom stereocenters. The molecule has 132 valence electrons. The fourth-order valence-corrected chi connectivity index (χ4v) is 2.73. The van der Waals surface area contributed by atoms with Crippen LogP contribution in [0.15, 0.2) is 39.4 Å². The van der Waals surface area contributed by atoms with Crippen molar-refractivity contribution in [2.45, 2.75) is 25.4 Å². The maximum atomic E-state index is 13.8.